The summed E-state index contributed by atoms with van der Waals surface area (Å²) in [6.45, 7) is 0. The third-order valence-electron chi connectivity index (χ3n) is 10.4. The highest BCUT2D eigenvalue weighted by molar-refractivity contribution is 6.39. The molecule has 0 fully saturated rings. The number of rotatable bonds is 4. The molecule has 0 N–H and O–H groups in total. The SMILES string of the molecule is c1ccc(-c2nc(-c3ccc(-n4c5cccc6c7ccccc7c7c8ccccc8cc4c7c65)cc3)nc(-c3cccc4ccccc34)n2)cc1. The quantitative estimate of drug-likeness (QED) is 0.178. The molecule has 2 heterocycles. The highest BCUT2D eigenvalue weighted by atomic mass is 15.0. The topological polar surface area (TPSA) is 43.6 Å². The monoisotopic (exact) mass is 648 g/mol. The minimum absolute atomic E-state index is 0.643. The molecule has 4 nitrogen and oxygen atoms in total. The lowest BCUT2D eigenvalue weighted by atomic mass is 9.91. The van der Waals surface area contributed by atoms with Crippen LogP contribution in [0.15, 0.2) is 170 Å². The van der Waals surface area contributed by atoms with E-state index in [2.05, 4.69) is 156 Å². The summed E-state index contributed by atoms with van der Waals surface area (Å²) in [6, 6.07) is 60.2. The lowest BCUT2D eigenvalue weighted by Crippen LogP contribution is -2.01. The van der Waals surface area contributed by atoms with Crippen molar-refractivity contribution in [3.8, 4) is 39.9 Å². The number of aromatic nitrogens is 4. The first-order valence-corrected chi connectivity index (χ1v) is 17.3. The standard InChI is InChI=1S/C47H28N4/c1-2-13-30(14-3-1)45-48-46(50-47(49-45)39-22-10-16-29-12-4-6-17-34(29)39)31-24-26-33(27-25-31)51-40-23-11-21-38-36-19-8-9-20-37(36)42-35-18-7-5-15-32(35)28-41(51)44(42)43(38)40/h1-28H. The molecule has 0 atom stereocenters. The van der Waals surface area contributed by atoms with Crippen molar-refractivity contribution in [2.24, 2.45) is 0 Å². The summed E-state index contributed by atoms with van der Waals surface area (Å²) in [5, 5.41) is 12.6. The molecule has 11 rings (SSSR count). The van der Waals surface area contributed by atoms with Crippen LogP contribution in [-0.2, 0) is 0 Å². The summed E-state index contributed by atoms with van der Waals surface area (Å²) < 4.78 is 2.42. The van der Waals surface area contributed by atoms with Crippen LogP contribution >= 0.6 is 0 Å². The number of benzene rings is 9. The van der Waals surface area contributed by atoms with E-state index in [-0.39, 0.29) is 0 Å². The Morgan fingerprint density at radius 3 is 1.71 bits per heavy atom. The van der Waals surface area contributed by atoms with Crippen molar-refractivity contribution < 1.29 is 0 Å². The van der Waals surface area contributed by atoms with Gasteiger partial charge in [0, 0.05) is 38.5 Å². The largest absolute Gasteiger partial charge is 0.309 e. The minimum atomic E-state index is 0.643. The first kappa shape index (κ1) is 28.0. The van der Waals surface area contributed by atoms with Gasteiger partial charge in [-0.1, -0.05) is 133 Å². The average Bonchev–Trinajstić information content (AvgIpc) is 3.54. The van der Waals surface area contributed by atoms with Gasteiger partial charge >= 0.3 is 0 Å². The lowest BCUT2D eigenvalue weighted by Gasteiger charge is -2.12. The molecular weight excluding hydrogens is 621 g/mol. The predicted molar refractivity (Wildman–Crippen MR) is 212 cm³/mol. The van der Waals surface area contributed by atoms with E-state index in [4.69, 9.17) is 15.0 Å². The molecule has 11 aromatic rings. The Hall–Kier alpha value is -6.91. The zero-order valence-corrected chi connectivity index (χ0v) is 27.5. The second-order valence-corrected chi connectivity index (χ2v) is 13.2. The van der Waals surface area contributed by atoms with Crippen LogP contribution in [0.4, 0.5) is 0 Å². The molecular formula is C47H28N4. The maximum atomic E-state index is 5.10. The first-order valence-electron chi connectivity index (χ1n) is 17.3. The Morgan fingerprint density at radius 1 is 0.333 bits per heavy atom. The molecule has 0 aliphatic carbocycles. The van der Waals surface area contributed by atoms with Crippen molar-refractivity contribution in [1.82, 2.24) is 19.5 Å². The van der Waals surface area contributed by atoms with E-state index in [0.717, 1.165) is 33.2 Å². The molecule has 0 spiro atoms. The Labute approximate surface area is 293 Å². The van der Waals surface area contributed by atoms with E-state index in [9.17, 15) is 0 Å². The van der Waals surface area contributed by atoms with Crippen molar-refractivity contribution >= 4 is 64.9 Å². The molecule has 0 bridgehead atoms. The molecule has 0 saturated heterocycles. The zero-order chi connectivity index (χ0) is 33.5. The van der Waals surface area contributed by atoms with Gasteiger partial charge in [0.1, 0.15) is 0 Å². The second-order valence-electron chi connectivity index (χ2n) is 13.2. The number of hydrogen-bond acceptors (Lipinski definition) is 3. The lowest BCUT2D eigenvalue weighted by molar-refractivity contribution is 1.07. The second kappa shape index (κ2) is 10.8. The summed E-state index contributed by atoms with van der Waals surface area (Å²) in [7, 11) is 0. The summed E-state index contributed by atoms with van der Waals surface area (Å²) in [5.74, 6) is 1.96. The van der Waals surface area contributed by atoms with Gasteiger partial charge in [0.15, 0.2) is 17.5 Å². The van der Waals surface area contributed by atoms with E-state index >= 15 is 0 Å². The van der Waals surface area contributed by atoms with Gasteiger partial charge in [0.2, 0.25) is 0 Å². The van der Waals surface area contributed by atoms with Crippen LogP contribution in [0.2, 0.25) is 0 Å². The minimum Gasteiger partial charge on any atom is -0.309 e. The van der Waals surface area contributed by atoms with Crippen molar-refractivity contribution in [3.63, 3.8) is 0 Å². The Bertz CT molecular complexity index is 3110. The van der Waals surface area contributed by atoms with Crippen LogP contribution in [0.1, 0.15) is 0 Å². The van der Waals surface area contributed by atoms with Crippen LogP contribution in [0.5, 0.6) is 0 Å². The fourth-order valence-electron chi connectivity index (χ4n) is 8.12. The Kier molecular flexibility index (Phi) is 5.92. The van der Waals surface area contributed by atoms with Crippen LogP contribution < -0.4 is 0 Å². The smallest absolute Gasteiger partial charge is 0.164 e. The maximum absolute atomic E-state index is 5.10. The molecule has 0 amide bonds. The highest BCUT2D eigenvalue weighted by Gasteiger charge is 2.22. The van der Waals surface area contributed by atoms with Crippen LogP contribution in [0.3, 0.4) is 0 Å². The molecule has 2 aromatic heterocycles. The molecule has 0 aliphatic rings. The van der Waals surface area contributed by atoms with Crippen LogP contribution in [-0.4, -0.2) is 19.5 Å². The average molecular weight is 649 g/mol. The van der Waals surface area contributed by atoms with Crippen molar-refractivity contribution in [3.05, 3.63) is 170 Å². The zero-order valence-electron chi connectivity index (χ0n) is 27.5. The maximum Gasteiger partial charge on any atom is 0.164 e. The van der Waals surface area contributed by atoms with E-state index in [1.807, 2.05) is 18.2 Å². The van der Waals surface area contributed by atoms with Gasteiger partial charge in [-0.15, -0.1) is 0 Å². The normalized spacial score (nSPS) is 11.9. The molecule has 0 radical (unpaired) electrons. The third kappa shape index (κ3) is 4.17. The number of nitrogens with zero attached hydrogens (tertiary/aromatic N) is 4. The van der Waals surface area contributed by atoms with Gasteiger partial charge in [-0.25, -0.2) is 15.0 Å². The van der Waals surface area contributed by atoms with Gasteiger partial charge in [0.25, 0.3) is 0 Å². The van der Waals surface area contributed by atoms with E-state index in [0.29, 0.717) is 17.5 Å². The van der Waals surface area contributed by atoms with Crippen LogP contribution in [0, 0.1) is 0 Å². The van der Waals surface area contributed by atoms with Gasteiger partial charge < -0.3 is 4.57 Å². The molecule has 236 valence electrons. The molecule has 0 unspecified atom stereocenters. The summed E-state index contributed by atoms with van der Waals surface area (Å²) in [4.78, 5) is 15.1. The molecule has 0 aliphatic heterocycles. The molecule has 0 saturated carbocycles. The van der Waals surface area contributed by atoms with Crippen molar-refractivity contribution in [1.29, 1.82) is 0 Å². The summed E-state index contributed by atoms with van der Waals surface area (Å²) in [6.07, 6.45) is 0. The highest BCUT2D eigenvalue weighted by Crippen LogP contribution is 2.46. The summed E-state index contributed by atoms with van der Waals surface area (Å²) in [5.41, 5.74) is 6.37. The van der Waals surface area contributed by atoms with E-state index < -0.39 is 0 Å². The number of fused-ring (bicyclic) bond motifs is 6. The van der Waals surface area contributed by atoms with E-state index in [1.54, 1.807) is 0 Å². The molecule has 4 heteroatoms. The van der Waals surface area contributed by atoms with Crippen molar-refractivity contribution in [2.45, 2.75) is 0 Å². The first-order chi connectivity index (χ1) is 25.3. The van der Waals surface area contributed by atoms with Gasteiger partial charge in [-0.05, 0) is 74.1 Å². The Balaban J connectivity index is 1.13. The molecule has 9 aromatic carbocycles. The third-order valence-corrected chi connectivity index (χ3v) is 10.4. The summed E-state index contributed by atoms with van der Waals surface area (Å²) >= 11 is 0. The molecule has 51 heavy (non-hydrogen) atoms. The Morgan fingerprint density at radius 2 is 0.902 bits per heavy atom. The van der Waals surface area contributed by atoms with Crippen LogP contribution in [0.25, 0.3) is 105 Å². The fraction of sp³-hybridized carbons (Fsp3) is 0. The fourth-order valence-corrected chi connectivity index (χ4v) is 8.12. The van der Waals surface area contributed by atoms with E-state index in [1.165, 1.54) is 54.1 Å². The predicted octanol–water partition coefficient (Wildman–Crippen LogP) is 12.0. The van der Waals surface area contributed by atoms with Crippen molar-refractivity contribution in [2.75, 3.05) is 0 Å². The number of hydrogen-bond donors (Lipinski definition) is 0. The van der Waals surface area contributed by atoms with Gasteiger partial charge in [-0.2, -0.15) is 0 Å². The van der Waals surface area contributed by atoms with Gasteiger partial charge in [0.05, 0.1) is 11.0 Å². The van der Waals surface area contributed by atoms with Gasteiger partial charge in [-0.3, -0.25) is 0 Å².